The Bertz CT molecular complexity index is 1290. The standard InChI is InChI=1S/C28H35F3N3O3P/c1-24(29,30)23-32-22(33-37-23)27-10-7-25(8-11-27,9-12-27)18-34(19-5-4-6-20(13-19)38(2,3)36)21(35)14-26-15-28(31,16-26)17-26/h4-6,13H,7-12,14-18H2,1-3H3. The maximum atomic E-state index is 14.2. The average molecular weight is 550 g/mol. The van der Waals surface area contributed by atoms with Crippen LogP contribution in [0.2, 0.25) is 0 Å². The number of carbonyl (C=O) groups excluding carboxylic acids is 1. The summed E-state index contributed by atoms with van der Waals surface area (Å²) in [7, 11) is -2.53. The van der Waals surface area contributed by atoms with E-state index in [0.29, 0.717) is 38.1 Å². The van der Waals surface area contributed by atoms with Gasteiger partial charge in [0.15, 0.2) is 5.82 Å². The van der Waals surface area contributed by atoms with Gasteiger partial charge < -0.3 is 14.0 Å². The molecule has 0 N–H and O–H groups in total. The summed E-state index contributed by atoms with van der Waals surface area (Å²) in [6.07, 6.45) is 6.44. The molecule has 0 saturated heterocycles. The van der Waals surface area contributed by atoms with Crippen LogP contribution in [0.3, 0.4) is 0 Å². The summed E-state index contributed by atoms with van der Waals surface area (Å²) in [5.74, 6) is -3.45. The van der Waals surface area contributed by atoms with Crippen molar-refractivity contribution in [3.8, 4) is 0 Å². The van der Waals surface area contributed by atoms with E-state index in [9.17, 15) is 22.5 Å². The Balaban J connectivity index is 1.24. The summed E-state index contributed by atoms with van der Waals surface area (Å²) in [6.45, 7) is 4.73. The van der Waals surface area contributed by atoms with Gasteiger partial charge >= 0.3 is 5.92 Å². The Hall–Kier alpha value is -2.15. The second-order valence-electron chi connectivity index (χ2n) is 13.3. The molecule has 0 unspecified atom stereocenters. The minimum atomic E-state index is -3.17. The van der Waals surface area contributed by atoms with Crippen LogP contribution < -0.4 is 10.2 Å². The number of hydrogen-bond donors (Lipinski definition) is 0. The van der Waals surface area contributed by atoms with Gasteiger partial charge in [-0.15, -0.1) is 0 Å². The number of fused-ring (bicyclic) bond motifs is 3. The molecule has 6 nitrogen and oxygen atoms in total. The van der Waals surface area contributed by atoms with Gasteiger partial charge in [-0.05, 0) is 94.1 Å². The minimum absolute atomic E-state index is 0.00397. The molecule has 8 rings (SSSR count). The van der Waals surface area contributed by atoms with Crippen LogP contribution >= 0.6 is 7.14 Å². The number of halogens is 3. The van der Waals surface area contributed by atoms with E-state index in [1.54, 1.807) is 13.3 Å². The maximum absolute atomic E-state index is 14.2. The summed E-state index contributed by atoms with van der Waals surface area (Å²) < 4.78 is 59.4. The summed E-state index contributed by atoms with van der Waals surface area (Å²) in [6, 6.07) is 7.46. The molecule has 38 heavy (non-hydrogen) atoms. The number of hydrogen-bond acceptors (Lipinski definition) is 5. The molecule has 0 radical (unpaired) electrons. The van der Waals surface area contributed by atoms with Crippen LogP contribution in [0, 0.1) is 10.8 Å². The van der Waals surface area contributed by atoms with Gasteiger partial charge in [0.1, 0.15) is 12.8 Å². The van der Waals surface area contributed by atoms with Gasteiger partial charge in [0, 0.05) is 36.3 Å². The van der Waals surface area contributed by atoms with E-state index < -0.39 is 24.6 Å². The first-order valence-corrected chi connectivity index (χ1v) is 16.1. The SMILES string of the molecule is CC(F)(F)c1nc(C23CCC(CN(C(=O)CC45CC(F)(C4)C5)c4cccc(P(C)(C)=O)c4)(CC2)CC3)no1. The highest BCUT2D eigenvalue weighted by atomic mass is 31.2. The molecule has 1 aromatic carbocycles. The van der Waals surface area contributed by atoms with Crippen molar-refractivity contribution in [2.24, 2.45) is 10.8 Å². The van der Waals surface area contributed by atoms with Crippen LogP contribution in [0.1, 0.15) is 82.8 Å². The van der Waals surface area contributed by atoms with E-state index in [2.05, 4.69) is 10.1 Å². The number of benzene rings is 1. The molecule has 6 fully saturated rings. The third-order valence-corrected chi connectivity index (χ3v) is 11.4. The Morgan fingerprint density at radius 1 is 1.08 bits per heavy atom. The number of rotatable bonds is 8. The molecule has 2 aromatic rings. The predicted molar refractivity (Wildman–Crippen MR) is 138 cm³/mol. The van der Waals surface area contributed by atoms with Gasteiger partial charge in [-0.1, -0.05) is 17.3 Å². The highest BCUT2D eigenvalue weighted by Crippen LogP contribution is 2.71. The second-order valence-corrected chi connectivity index (χ2v) is 16.5. The van der Waals surface area contributed by atoms with E-state index in [1.807, 2.05) is 29.2 Å². The van der Waals surface area contributed by atoms with Crippen LogP contribution in [-0.4, -0.2) is 41.6 Å². The van der Waals surface area contributed by atoms with Crippen LogP contribution in [0.15, 0.2) is 28.8 Å². The van der Waals surface area contributed by atoms with Gasteiger partial charge in [0.2, 0.25) is 5.91 Å². The Morgan fingerprint density at radius 2 is 1.71 bits per heavy atom. The van der Waals surface area contributed by atoms with Crippen LogP contribution in [0.25, 0.3) is 0 Å². The smallest absolute Gasteiger partial charge is 0.322 e. The lowest BCUT2D eigenvalue weighted by Gasteiger charge is -2.66. The van der Waals surface area contributed by atoms with Gasteiger partial charge in [0.25, 0.3) is 5.89 Å². The molecule has 1 heterocycles. The molecule has 1 aromatic heterocycles. The van der Waals surface area contributed by atoms with E-state index in [-0.39, 0.29) is 22.2 Å². The number of carbonyl (C=O) groups is 1. The average Bonchev–Trinajstić information content (AvgIpc) is 3.34. The van der Waals surface area contributed by atoms with Crippen molar-refractivity contribution in [3.63, 3.8) is 0 Å². The lowest BCUT2D eigenvalue weighted by Crippen LogP contribution is -2.65. The fourth-order valence-electron chi connectivity index (χ4n) is 7.57. The Morgan fingerprint density at radius 3 is 2.24 bits per heavy atom. The van der Waals surface area contributed by atoms with Crippen LogP contribution in [0.5, 0.6) is 0 Å². The topological polar surface area (TPSA) is 76.3 Å². The molecule has 1 amide bonds. The Labute approximate surface area is 221 Å². The largest absolute Gasteiger partial charge is 0.333 e. The maximum Gasteiger partial charge on any atom is 0.322 e. The van der Waals surface area contributed by atoms with E-state index in [4.69, 9.17) is 4.52 Å². The monoisotopic (exact) mass is 549 g/mol. The zero-order chi connectivity index (χ0) is 27.2. The number of amides is 1. The normalized spacial score (nSPS) is 33.9. The number of alkyl halides is 3. The zero-order valence-corrected chi connectivity index (χ0v) is 23.1. The Kier molecular flexibility index (Phi) is 5.62. The second kappa shape index (κ2) is 8.18. The number of anilines is 1. The van der Waals surface area contributed by atoms with Gasteiger partial charge in [0.05, 0.1) is 0 Å². The van der Waals surface area contributed by atoms with Crippen molar-refractivity contribution in [2.45, 2.75) is 88.1 Å². The lowest BCUT2D eigenvalue weighted by molar-refractivity contribution is -0.215. The molecule has 0 spiro atoms. The van der Waals surface area contributed by atoms with Crippen molar-refractivity contribution in [2.75, 3.05) is 24.8 Å². The predicted octanol–water partition coefficient (Wildman–Crippen LogP) is 6.34. The first-order valence-electron chi connectivity index (χ1n) is 13.5. The summed E-state index contributed by atoms with van der Waals surface area (Å²) in [4.78, 5) is 19.7. The third kappa shape index (κ3) is 4.33. The number of aromatic nitrogens is 2. The zero-order valence-electron chi connectivity index (χ0n) is 22.2. The minimum Gasteiger partial charge on any atom is -0.333 e. The summed E-state index contributed by atoms with van der Waals surface area (Å²) in [5.41, 5.74) is -1.02. The molecular weight excluding hydrogens is 514 g/mol. The van der Waals surface area contributed by atoms with E-state index in [1.165, 1.54) is 0 Å². The van der Waals surface area contributed by atoms with Crippen molar-refractivity contribution in [3.05, 3.63) is 36.0 Å². The molecule has 0 atom stereocenters. The number of nitrogens with zero attached hydrogens (tertiary/aromatic N) is 3. The summed E-state index contributed by atoms with van der Waals surface area (Å²) in [5, 5.41) is 4.67. The first kappa shape index (κ1) is 26.1. The highest BCUT2D eigenvalue weighted by Gasteiger charge is 2.69. The molecular formula is C28H35F3N3O3P. The lowest BCUT2D eigenvalue weighted by atomic mass is 9.41. The van der Waals surface area contributed by atoms with Crippen LogP contribution in [-0.2, 0) is 20.7 Å². The fraction of sp³-hybridized carbons (Fsp3) is 0.679. The quantitative estimate of drug-likeness (QED) is 0.360. The van der Waals surface area contributed by atoms with Gasteiger partial charge in [-0.25, -0.2) is 4.39 Å². The molecule has 10 heteroatoms. The van der Waals surface area contributed by atoms with Crippen molar-refractivity contribution in [1.29, 1.82) is 0 Å². The molecule has 6 aliphatic carbocycles. The van der Waals surface area contributed by atoms with Crippen molar-refractivity contribution < 1.29 is 27.1 Å². The highest BCUT2D eigenvalue weighted by molar-refractivity contribution is 7.70. The third-order valence-electron chi connectivity index (χ3n) is 9.84. The molecule has 6 saturated carbocycles. The van der Waals surface area contributed by atoms with Gasteiger partial charge in [-0.2, -0.15) is 13.8 Å². The molecule has 4 bridgehead atoms. The molecule has 206 valence electrons. The fourth-order valence-corrected chi connectivity index (χ4v) is 8.46. The first-order chi connectivity index (χ1) is 17.6. The van der Waals surface area contributed by atoms with Crippen molar-refractivity contribution >= 4 is 24.0 Å². The van der Waals surface area contributed by atoms with Crippen molar-refractivity contribution in [1.82, 2.24) is 10.1 Å². The summed E-state index contributed by atoms with van der Waals surface area (Å²) >= 11 is 0. The molecule has 6 aliphatic rings. The van der Waals surface area contributed by atoms with Crippen LogP contribution in [0.4, 0.5) is 18.9 Å². The molecule has 0 aliphatic heterocycles. The van der Waals surface area contributed by atoms with E-state index >= 15 is 0 Å². The van der Waals surface area contributed by atoms with E-state index in [0.717, 1.165) is 56.4 Å². The van der Waals surface area contributed by atoms with Gasteiger partial charge in [-0.3, -0.25) is 4.79 Å².